The normalized spacial score (nSPS) is 23.8. The van der Waals surface area contributed by atoms with Crippen LogP contribution in [0.25, 0.3) is 10.9 Å². The Hall–Kier alpha value is -3.49. The van der Waals surface area contributed by atoms with Gasteiger partial charge in [0, 0.05) is 65.5 Å². The Morgan fingerprint density at radius 1 is 1.17 bits per heavy atom. The molecule has 0 bridgehead atoms. The Labute approximate surface area is 209 Å². The summed E-state index contributed by atoms with van der Waals surface area (Å²) >= 11 is 0. The molecule has 2 aliphatic heterocycles. The fourth-order valence-electron chi connectivity index (χ4n) is 6.19. The van der Waals surface area contributed by atoms with E-state index in [1.165, 1.54) is 13.2 Å². The number of halogens is 1. The van der Waals surface area contributed by atoms with Crippen LogP contribution in [0.3, 0.4) is 0 Å². The number of esters is 1. The van der Waals surface area contributed by atoms with E-state index in [1.54, 1.807) is 12.4 Å². The third-order valence-corrected chi connectivity index (χ3v) is 7.79. The summed E-state index contributed by atoms with van der Waals surface area (Å²) in [6.45, 7) is 0.781. The molecule has 6 rings (SSSR count). The Morgan fingerprint density at radius 2 is 1.97 bits per heavy atom. The van der Waals surface area contributed by atoms with Crippen LogP contribution in [0.5, 0.6) is 0 Å². The molecule has 0 unspecified atom stereocenters. The van der Waals surface area contributed by atoms with Crippen molar-refractivity contribution in [3.63, 3.8) is 0 Å². The molecule has 0 amide bonds. The highest BCUT2D eigenvalue weighted by Crippen LogP contribution is 2.49. The van der Waals surface area contributed by atoms with E-state index in [1.807, 2.05) is 30.5 Å². The highest BCUT2D eigenvalue weighted by Gasteiger charge is 2.48. The molecule has 2 aromatic heterocycles. The van der Waals surface area contributed by atoms with Gasteiger partial charge in [0.05, 0.1) is 19.5 Å². The molecular formula is C28H30FN5O2. The number of carbonyl (C=O) groups excluding carboxylic acids is 1. The molecule has 7 nitrogen and oxygen atoms in total. The van der Waals surface area contributed by atoms with E-state index in [-0.39, 0.29) is 29.9 Å². The number of benzene rings is 2. The van der Waals surface area contributed by atoms with Crippen LogP contribution in [-0.4, -0.2) is 51.6 Å². The lowest BCUT2D eigenvalue weighted by molar-refractivity contribution is -0.152. The van der Waals surface area contributed by atoms with Gasteiger partial charge in [0.25, 0.3) is 0 Å². The van der Waals surface area contributed by atoms with E-state index < -0.39 is 6.04 Å². The van der Waals surface area contributed by atoms with Gasteiger partial charge in [-0.1, -0.05) is 36.4 Å². The van der Waals surface area contributed by atoms with Gasteiger partial charge in [-0.25, -0.2) is 9.37 Å². The number of hydrogen-bond acceptors (Lipinski definition) is 5. The first-order chi connectivity index (χ1) is 17.6. The molecule has 0 saturated carbocycles. The lowest BCUT2D eigenvalue weighted by Gasteiger charge is -2.50. The molecule has 36 heavy (non-hydrogen) atoms. The van der Waals surface area contributed by atoms with Crippen LogP contribution in [0.2, 0.25) is 0 Å². The Morgan fingerprint density at radius 3 is 2.78 bits per heavy atom. The fourth-order valence-corrected chi connectivity index (χ4v) is 6.19. The predicted molar refractivity (Wildman–Crippen MR) is 135 cm³/mol. The minimum atomic E-state index is -0.484. The van der Waals surface area contributed by atoms with Crippen molar-refractivity contribution in [3.8, 4) is 0 Å². The summed E-state index contributed by atoms with van der Waals surface area (Å²) in [5.41, 5.74) is 5.04. The number of rotatable bonds is 6. The molecule has 4 atom stereocenters. The number of para-hydroxylation sites is 1. The summed E-state index contributed by atoms with van der Waals surface area (Å²) in [6.07, 6.45) is 6.40. The van der Waals surface area contributed by atoms with Crippen LogP contribution in [0.4, 0.5) is 4.39 Å². The first-order valence-corrected chi connectivity index (χ1v) is 12.5. The molecule has 0 aliphatic carbocycles. The number of H-pyrrole nitrogens is 2. The van der Waals surface area contributed by atoms with Crippen LogP contribution in [0.15, 0.2) is 61.1 Å². The SMILES string of the molecule is COC(=O)[C@@H]1Cc2c([nH]c3ccccc23)[C@H]2C[C@H](NCCc3cnc[nH]3)C[C@@H](c3ccccc3F)N21. The van der Waals surface area contributed by atoms with Crippen molar-refractivity contribution in [1.29, 1.82) is 0 Å². The van der Waals surface area contributed by atoms with Crippen molar-refractivity contribution in [1.82, 2.24) is 25.2 Å². The minimum absolute atomic E-state index is 0.0757. The first-order valence-electron chi connectivity index (χ1n) is 12.5. The maximum Gasteiger partial charge on any atom is 0.323 e. The highest BCUT2D eigenvalue weighted by atomic mass is 19.1. The van der Waals surface area contributed by atoms with Crippen molar-refractivity contribution < 1.29 is 13.9 Å². The van der Waals surface area contributed by atoms with Crippen molar-refractivity contribution in [2.24, 2.45) is 0 Å². The molecule has 1 saturated heterocycles. The van der Waals surface area contributed by atoms with E-state index in [0.29, 0.717) is 18.4 Å². The van der Waals surface area contributed by atoms with Gasteiger partial charge in [-0.15, -0.1) is 0 Å². The molecule has 0 radical (unpaired) electrons. The van der Waals surface area contributed by atoms with Crippen LogP contribution >= 0.6 is 0 Å². The zero-order valence-electron chi connectivity index (χ0n) is 20.2. The Kier molecular flexibility index (Phi) is 6.07. The molecule has 4 heterocycles. The van der Waals surface area contributed by atoms with Gasteiger partial charge in [0.1, 0.15) is 11.9 Å². The minimum Gasteiger partial charge on any atom is -0.468 e. The number of aromatic nitrogens is 3. The van der Waals surface area contributed by atoms with Crippen molar-refractivity contribution in [2.45, 2.75) is 49.9 Å². The van der Waals surface area contributed by atoms with Gasteiger partial charge in [0.15, 0.2) is 0 Å². The third kappa shape index (κ3) is 4.00. The van der Waals surface area contributed by atoms with Gasteiger partial charge < -0.3 is 20.0 Å². The standard InChI is InChI=1S/C28H30FN5O2/c1-36-28(35)26-14-21-19-6-3-5-9-23(19)33-27(21)25-13-18(31-11-10-17-15-30-16-32-17)12-24(34(25)26)20-7-2-4-8-22(20)29/h2-9,15-16,18,24-26,31,33H,10-14H2,1H3,(H,30,32)/t18-,24+,25-,26+/m1/s1. The number of imidazole rings is 1. The number of nitrogens with zero attached hydrogens (tertiary/aromatic N) is 2. The molecule has 2 aliphatic rings. The number of piperidine rings is 1. The molecule has 3 N–H and O–H groups in total. The number of fused-ring (bicyclic) bond motifs is 5. The van der Waals surface area contributed by atoms with Crippen LogP contribution in [0.1, 0.15) is 47.4 Å². The maximum atomic E-state index is 15.2. The number of carbonyl (C=O) groups is 1. The summed E-state index contributed by atoms with van der Waals surface area (Å²) in [5.74, 6) is -0.520. The van der Waals surface area contributed by atoms with E-state index in [4.69, 9.17) is 4.74 Å². The Balaban J connectivity index is 1.41. The molecule has 2 aromatic carbocycles. The topological polar surface area (TPSA) is 86.0 Å². The molecule has 4 aromatic rings. The lowest BCUT2D eigenvalue weighted by atomic mass is 9.79. The second-order valence-electron chi connectivity index (χ2n) is 9.76. The van der Waals surface area contributed by atoms with Crippen LogP contribution < -0.4 is 5.32 Å². The van der Waals surface area contributed by atoms with Gasteiger partial charge in [-0.2, -0.15) is 0 Å². The quantitative estimate of drug-likeness (QED) is 0.355. The average molecular weight is 488 g/mol. The third-order valence-electron chi connectivity index (χ3n) is 7.79. The van der Waals surface area contributed by atoms with Gasteiger partial charge in [-0.05, 0) is 30.5 Å². The molecular weight excluding hydrogens is 457 g/mol. The van der Waals surface area contributed by atoms with Gasteiger partial charge in [-0.3, -0.25) is 9.69 Å². The average Bonchev–Trinajstić information content (AvgIpc) is 3.56. The zero-order valence-corrected chi connectivity index (χ0v) is 20.2. The second-order valence-corrected chi connectivity index (χ2v) is 9.76. The number of hydrogen-bond donors (Lipinski definition) is 3. The number of methoxy groups -OCH3 is 1. The zero-order chi connectivity index (χ0) is 24.6. The monoisotopic (exact) mass is 487 g/mol. The van der Waals surface area contributed by atoms with Gasteiger partial charge in [0.2, 0.25) is 0 Å². The van der Waals surface area contributed by atoms with Crippen molar-refractivity contribution >= 4 is 16.9 Å². The molecule has 0 spiro atoms. The summed E-state index contributed by atoms with van der Waals surface area (Å²) in [7, 11) is 1.43. The predicted octanol–water partition coefficient (Wildman–Crippen LogP) is 4.21. The lowest BCUT2D eigenvalue weighted by Crippen LogP contribution is -2.55. The maximum absolute atomic E-state index is 15.2. The number of ether oxygens (including phenoxy) is 1. The Bertz CT molecular complexity index is 1370. The van der Waals surface area contributed by atoms with Crippen LogP contribution in [0, 0.1) is 5.82 Å². The second kappa shape index (κ2) is 9.52. The molecule has 8 heteroatoms. The largest absolute Gasteiger partial charge is 0.468 e. The van der Waals surface area contributed by atoms with E-state index in [9.17, 15) is 4.79 Å². The van der Waals surface area contributed by atoms with Crippen molar-refractivity contribution in [2.75, 3.05) is 13.7 Å². The van der Waals surface area contributed by atoms with Gasteiger partial charge >= 0.3 is 5.97 Å². The van der Waals surface area contributed by atoms with E-state index >= 15 is 4.39 Å². The van der Waals surface area contributed by atoms with Crippen molar-refractivity contribution in [3.05, 3.63) is 89.4 Å². The fraction of sp³-hybridized carbons (Fsp3) is 0.357. The summed E-state index contributed by atoms with van der Waals surface area (Å²) in [5, 5.41) is 4.84. The van der Waals surface area contributed by atoms with E-state index in [0.717, 1.165) is 47.2 Å². The number of aromatic amines is 2. The molecule has 1 fully saturated rings. The summed E-state index contributed by atoms with van der Waals surface area (Å²) < 4.78 is 20.5. The molecule has 186 valence electrons. The van der Waals surface area contributed by atoms with Crippen LogP contribution in [-0.2, 0) is 22.4 Å². The highest BCUT2D eigenvalue weighted by molar-refractivity contribution is 5.87. The smallest absolute Gasteiger partial charge is 0.323 e. The summed E-state index contributed by atoms with van der Waals surface area (Å²) in [4.78, 5) is 26.2. The number of nitrogens with one attached hydrogen (secondary N) is 3. The van der Waals surface area contributed by atoms with E-state index in [2.05, 4.69) is 37.3 Å². The first kappa shape index (κ1) is 22.9. The summed E-state index contributed by atoms with van der Waals surface area (Å²) in [6, 6.07) is 14.5.